The smallest absolute Gasteiger partial charge is 0.159 e. The van der Waals surface area contributed by atoms with Gasteiger partial charge in [-0.15, -0.1) is 0 Å². The van der Waals surface area contributed by atoms with Crippen LogP contribution in [0.4, 0.5) is 0 Å². The molecule has 15 aromatic rings. The van der Waals surface area contributed by atoms with Crippen LogP contribution in [0.5, 0.6) is 0 Å². The molecule has 4 heterocycles. The predicted octanol–water partition coefficient (Wildman–Crippen LogP) is 17.2. The number of aromatic nitrogens is 2. The highest BCUT2D eigenvalue weighted by molar-refractivity contribution is 6.22. The molecule has 2 N–H and O–H groups in total. The number of rotatable bonds is 6. The highest BCUT2D eigenvalue weighted by Crippen LogP contribution is 2.46. The maximum absolute atomic E-state index is 7.31. The molecule has 0 bridgehead atoms. The maximum atomic E-state index is 7.31. The molecule has 12 aromatic carbocycles. The highest BCUT2D eigenvalue weighted by Gasteiger charge is 2.32. The molecule has 0 spiro atoms. The molecule has 352 valence electrons. The first kappa shape index (κ1) is 41.8. The fourth-order valence-electron chi connectivity index (χ4n) is 12.2. The van der Waals surface area contributed by atoms with E-state index in [9.17, 15) is 0 Å². The van der Waals surface area contributed by atoms with Gasteiger partial charge < -0.3 is 18.9 Å². The minimum atomic E-state index is -0.534. The summed E-state index contributed by atoms with van der Waals surface area (Å²) < 4.78 is 12.2. The second-order valence-electron chi connectivity index (χ2n) is 19.9. The van der Waals surface area contributed by atoms with Crippen molar-refractivity contribution in [1.82, 2.24) is 19.8 Å². The van der Waals surface area contributed by atoms with Crippen molar-refractivity contribution in [3.63, 3.8) is 0 Å². The van der Waals surface area contributed by atoms with Crippen LogP contribution in [0.3, 0.4) is 0 Å². The Balaban J connectivity index is 0.974. The third-order valence-corrected chi connectivity index (χ3v) is 15.7. The third kappa shape index (κ3) is 6.53. The molecular formula is C69H45N5O. The normalized spacial score (nSPS) is 15.1. The molecule has 0 aliphatic carbocycles. The summed E-state index contributed by atoms with van der Waals surface area (Å²) in [6, 6.07) is 90.0. The SMILES string of the molecule is c1ccc(-c2ccc(C3=NC(c4ccc5c(oc6ccc7ccccc7c65)c4-n4c5cc6ccccc6cc5c5cc6ccccc6cc54)NC(c4ccc5c6ccccc6n(-c6ccccc6)c5c4)N3)cc2)cc1. The fraction of sp³-hybridized carbons (Fsp3) is 0.0290. The van der Waals surface area contributed by atoms with Gasteiger partial charge in [0.25, 0.3) is 0 Å². The first-order valence-electron chi connectivity index (χ1n) is 25.7. The third-order valence-electron chi connectivity index (χ3n) is 15.7. The Kier molecular flexibility index (Phi) is 9.14. The molecule has 6 heteroatoms. The van der Waals surface area contributed by atoms with Crippen molar-refractivity contribution >= 4 is 104 Å². The largest absolute Gasteiger partial charge is 0.454 e. The van der Waals surface area contributed by atoms with Gasteiger partial charge in [0.15, 0.2) is 5.58 Å². The predicted molar refractivity (Wildman–Crippen MR) is 312 cm³/mol. The van der Waals surface area contributed by atoms with Gasteiger partial charge in [-0.25, -0.2) is 4.99 Å². The van der Waals surface area contributed by atoms with Crippen LogP contribution >= 0.6 is 0 Å². The molecule has 0 fully saturated rings. The summed E-state index contributed by atoms with van der Waals surface area (Å²) in [6.07, 6.45) is -0.884. The molecule has 2 unspecified atom stereocenters. The van der Waals surface area contributed by atoms with Crippen LogP contribution in [0.25, 0.3) is 120 Å². The standard InChI is InChI=1S/C69H45N5O/c1-3-15-42(16-4-1)43-27-29-45(30-28-43)67-70-68(50-31-33-54-53-25-13-14-26-59(53)73(60(54)41-50)51-22-5-2-6-23-51)72-69(71-67)56-35-34-55-64-52-24-12-11-17-44(52)32-36-63(64)75-66(55)65(56)74-61-39-48-20-9-7-18-46(48)37-57(61)58-38-47-19-8-10-21-49(47)40-62(58)74/h1-41,68-69,72H,(H,70,71). The van der Waals surface area contributed by atoms with Gasteiger partial charge in [-0.2, -0.15) is 0 Å². The Labute approximate surface area is 431 Å². The van der Waals surface area contributed by atoms with Crippen molar-refractivity contribution in [2.45, 2.75) is 12.3 Å². The van der Waals surface area contributed by atoms with E-state index in [-0.39, 0.29) is 6.17 Å². The number of aliphatic imine (C=N–C) groups is 1. The van der Waals surface area contributed by atoms with Gasteiger partial charge in [0.05, 0.1) is 27.8 Å². The number of nitrogens with zero attached hydrogens (tertiary/aromatic N) is 3. The van der Waals surface area contributed by atoms with E-state index in [1.165, 1.54) is 59.6 Å². The van der Waals surface area contributed by atoms with Gasteiger partial charge >= 0.3 is 0 Å². The first-order valence-corrected chi connectivity index (χ1v) is 25.7. The van der Waals surface area contributed by atoms with Gasteiger partial charge in [0.1, 0.15) is 23.8 Å². The number of benzene rings is 12. The van der Waals surface area contributed by atoms with E-state index in [0.717, 1.165) is 83.3 Å². The van der Waals surface area contributed by atoms with Crippen LogP contribution in [0.15, 0.2) is 258 Å². The summed E-state index contributed by atoms with van der Waals surface area (Å²) in [4.78, 5) is 5.74. The molecule has 6 nitrogen and oxygen atoms in total. The summed E-state index contributed by atoms with van der Waals surface area (Å²) in [6.45, 7) is 0. The van der Waals surface area contributed by atoms with E-state index in [1.54, 1.807) is 0 Å². The average molecular weight is 960 g/mol. The van der Waals surface area contributed by atoms with Gasteiger partial charge in [-0.1, -0.05) is 188 Å². The number of hydrogen-bond donors (Lipinski definition) is 2. The second kappa shape index (κ2) is 16.4. The van der Waals surface area contributed by atoms with Gasteiger partial charge in [-0.3, -0.25) is 5.32 Å². The summed E-state index contributed by atoms with van der Waals surface area (Å²) in [5.74, 6) is 0.799. The number of fused-ring (bicyclic) bond motifs is 13. The van der Waals surface area contributed by atoms with Crippen molar-refractivity contribution in [2.75, 3.05) is 0 Å². The molecule has 1 aliphatic rings. The van der Waals surface area contributed by atoms with Crippen molar-refractivity contribution in [3.8, 4) is 22.5 Å². The van der Waals surface area contributed by atoms with E-state index in [0.29, 0.717) is 0 Å². The Morgan fingerprint density at radius 1 is 0.387 bits per heavy atom. The molecule has 3 aromatic heterocycles. The van der Waals surface area contributed by atoms with E-state index >= 15 is 0 Å². The van der Waals surface area contributed by atoms with E-state index in [1.807, 2.05) is 0 Å². The van der Waals surface area contributed by atoms with Gasteiger partial charge in [0, 0.05) is 49.1 Å². The van der Waals surface area contributed by atoms with Gasteiger partial charge in [0.2, 0.25) is 0 Å². The zero-order chi connectivity index (χ0) is 49.1. The van der Waals surface area contributed by atoms with E-state index in [2.05, 4.69) is 268 Å². The van der Waals surface area contributed by atoms with Crippen molar-refractivity contribution in [2.24, 2.45) is 4.99 Å². The minimum Gasteiger partial charge on any atom is -0.454 e. The lowest BCUT2D eigenvalue weighted by atomic mass is 9.99. The topological polar surface area (TPSA) is 59.4 Å². The van der Waals surface area contributed by atoms with Crippen LogP contribution in [-0.2, 0) is 0 Å². The first-order chi connectivity index (χ1) is 37.2. The lowest BCUT2D eigenvalue weighted by Gasteiger charge is -2.33. The number of amidine groups is 1. The van der Waals surface area contributed by atoms with Crippen LogP contribution in [0.2, 0.25) is 0 Å². The molecule has 0 amide bonds. The average Bonchev–Trinajstić information content (AvgIpc) is 4.14. The Morgan fingerprint density at radius 2 is 0.947 bits per heavy atom. The number of para-hydroxylation sites is 2. The molecule has 1 aliphatic heterocycles. The van der Waals surface area contributed by atoms with Crippen LogP contribution < -0.4 is 10.6 Å². The summed E-state index contributed by atoms with van der Waals surface area (Å²) in [7, 11) is 0. The fourth-order valence-corrected chi connectivity index (χ4v) is 12.2. The van der Waals surface area contributed by atoms with Crippen molar-refractivity contribution in [3.05, 3.63) is 265 Å². The number of hydrogen-bond acceptors (Lipinski definition) is 4. The molecular weight excluding hydrogens is 915 g/mol. The summed E-state index contributed by atoms with van der Waals surface area (Å²) in [5.41, 5.74) is 13.6. The zero-order valence-corrected chi connectivity index (χ0v) is 40.6. The van der Waals surface area contributed by atoms with Crippen molar-refractivity contribution < 1.29 is 4.42 Å². The van der Waals surface area contributed by atoms with Crippen LogP contribution in [0, 0.1) is 0 Å². The molecule has 16 rings (SSSR count). The van der Waals surface area contributed by atoms with E-state index < -0.39 is 6.17 Å². The number of nitrogens with one attached hydrogen (secondary N) is 2. The monoisotopic (exact) mass is 959 g/mol. The number of furan rings is 1. The lowest BCUT2D eigenvalue weighted by Crippen LogP contribution is -2.45. The van der Waals surface area contributed by atoms with Gasteiger partial charge in [-0.05, 0) is 110 Å². The molecule has 0 saturated heterocycles. The quantitative estimate of drug-likeness (QED) is 0.175. The Morgan fingerprint density at radius 3 is 1.67 bits per heavy atom. The molecule has 2 atom stereocenters. The minimum absolute atomic E-state index is 0.350. The van der Waals surface area contributed by atoms with Crippen LogP contribution in [-0.4, -0.2) is 15.0 Å². The maximum Gasteiger partial charge on any atom is 0.159 e. The van der Waals surface area contributed by atoms with Crippen LogP contribution in [0.1, 0.15) is 29.0 Å². The lowest BCUT2D eigenvalue weighted by molar-refractivity contribution is 0.408. The highest BCUT2D eigenvalue weighted by atomic mass is 16.3. The summed E-state index contributed by atoms with van der Waals surface area (Å²) in [5, 5.41) is 22.1. The molecule has 75 heavy (non-hydrogen) atoms. The summed E-state index contributed by atoms with van der Waals surface area (Å²) >= 11 is 0. The van der Waals surface area contributed by atoms with Crippen molar-refractivity contribution in [1.29, 1.82) is 0 Å². The second-order valence-corrected chi connectivity index (χ2v) is 19.9. The zero-order valence-electron chi connectivity index (χ0n) is 40.6. The Bertz CT molecular complexity index is 4740. The van der Waals surface area contributed by atoms with E-state index in [4.69, 9.17) is 9.41 Å². The molecule has 0 saturated carbocycles. The Hall–Kier alpha value is -9.75. The molecule has 0 radical (unpaired) electrons.